The molecule has 23 heavy (non-hydrogen) atoms. The summed E-state index contributed by atoms with van der Waals surface area (Å²) in [7, 11) is 0. The van der Waals surface area contributed by atoms with Crippen molar-refractivity contribution in [2.75, 3.05) is 6.54 Å². The summed E-state index contributed by atoms with van der Waals surface area (Å²) in [6, 6.07) is 5.79. The SMILES string of the molecule is CC(C)(C)OC(=O)N1CCCCC1CC(O)c1ccc(F)cc1. The van der Waals surface area contributed by atoms with Crippen LogP contribution in [-0.4, -0.2) is 34.3 Å². The van der Waals surface area contributed by atoms with Gasteiger partial charge in [-0.05, 0) is 64.2 Å². The van der Waals surface area contributed by atoms with Gasteiger partial charge in [0.1, 0.15) is 11.4 Å². The number of aliphatic hydroxyl groups is 1. The minimum atomic E-state index is -0.719. The van der Waals surface area contributed by atoms with Crippen molar-refractivity contribution in [1.82, 2.24) is 4.90 Å². The van der Waals surface area contributed by atoms with Crippen LogP contribution in [0.5, 0.6) is 0 Å². The van der Waals surface area contributed by atoms with Crippen molar-refractivity contribution in [1.29, 1.82) is 0 Å². The summed E-state index contributed by atoms with van der Waals surface area (Å²) < 4.78 is 18.4. The molecular formula is C18H26FNO3. The number of amides is 1. The number of benzene rings is 1. The molecule has 1 saturated heterocycles. The van der Waals surface area contributed by atoms with E-state index in [-0.39, 0.29) is 18.0 Å². The van der Waals surface area contributed by atoms with Gasteiger partial charge in [0, 0.05) is 12.6 Å². The molecule has 2 atom stereocenters. The Kier molecular flexibility index (Phi) is 5.63. The number of hydrogen-bond donors (Lipinski definition) is 1. The summed E-state index contributed by atoms with van der Waals surface area (Å²) in [5.74, 6) is -0.325. The maximum absolute atomic E-state index is 13.0. The highest BCUT2D eigenvalue weighted by Gasteiger charge is 2.31. The molecule has 1 N–H and O–H groups in total. The van der Waals surface area contributed by atoms with Crippen LogP contribution in [0.1, 0.15) is 58.1 Å². The van der Waals surface area contributed by atoms with E-state index in [1.54, 1.807) is 17.0 Å². The number of nitrogens with zero attached hydrogens (tertiary/aromatic N) is 1. The number of ether oxygens (including phenoxy) is 1. The number of piperidine rings is 1. The smallest absolute Gasteiger partial charge is 0.410 e. The summed E-state index contributed by atoms with van der Waals surface area (Å²) >= 11 is 0. The zero-order valence-electron chi connectivity index (χ0n) is 14.1. The Hall–Kier alpha value is -1.62. The second kappa shape index (κ2) is 7.30. The van der Waals surface area contributed by atoms with Gasteiger partial charge in [0.25, 0.3) is 0 Å². The van der Waals surface area contributed by atoms with Crippen LogP contribution in [0, 0.1) is 5.82 Å². The largest absolute Gasteiger partial charge is 0.444 e. The van der Waals surface area contributed by atoms with Crippen LogP contribution >= 0.6 is 0 Å². The van der Waals surface area contributed by atoms with Crippen molar-refractivity contribution >= 4 is 6.09 Å². The van der Waals surface area contributed by atoms with Gasteiger partial charge >= 0.3 is 6.09 Å². The Bertz CT molecular complexity index is 524. The van der Waals surface area contributed by atoms with E-state index < -0.39 is 11.7 Å². The fourth-order valence-corrected chi connectivity index (χ4v) is 2.89. The van der Waals surface area contributed by atoms with E-state index in [2.05, 4.69) is 0 Å². The minimum absolute atomic E-state index is 0.0568. The summed E-state index contributed by atoms with van der Waals surface area (Å²) in [6.45, 7) is 6.18. The lowest BCUT2D eigenvalue weighted by Crippen LogP contribution is -2.46. The number of rotatable bonds is 3. The van der Waals surface area contributed by atoms with E-state index in [0.717, 1.165) is 19.3 Å². The van der Waals surface area contributed by atoms with E-state index in [1.165, 1.54) is 12.1 Å². The fraction of sp³-hybridized carbons (Fsp3) is 0.611. The van der Waals surface area contributed by atoms with Gasteiger partial charge in [0.2, 0.25) is 0 Å². The van der Waals surface area contributed by atoms with Gasteiger partial charge in [0.05, 0.1) is 6.10 Å². The molecule has 2 unspecified atom stereocenters. The number of carbonyl (C=O) groups is 1. The number of hydrogen-bond acceptors (Lipinski definition) is 3. The monoisotopic (exact) mass is 323 g/mol. The standard InChI is InChI=1S/C18H26FNO3/c1-18(2,3)23-17(22)20-11-5-4-6-15(20)12-16(21)13-7-9-14(19)10-8-13/h7-10,15-16,21H,4-6,11-12H2,1-3H3. The van der Waals surface area contributed by atoms with Crippen LogP contribution in [0.2, 0.25) is 0 Å². The first-order chi connectivity index (χ1) is 10.8. The van der Waals surface area contributed by atoms with E-state index in [4.69, 9.17) is 4.74 Å². The van der Waals surface area contributed by atoms with Gasteiger partial charge in [0.15, 0.2) is 0 Å². The number of halogens is 1. The summed E-state index contributed by atoms with van der Waals surface area (Å²) in [6.07, 6.45) is 2.21. The maximum Gasteiger partial charge on any atom is 0.410 e. The lowest BCUT2D eigenvalue weighted by Gasteiger charge is -2.37. The van der Waals surface area contributed by atoms with E-state index in [9.17, 15) is 14.3 Å². The molecule has 0 bridgehead atoms. The molecular weight excluding hydrogens is 297 g/mol. The first-order valence-corrected chi connectivity index (χ1v) is 8.19. The summed E-state index contributed by atoms with van der Waals surface area (Å²) in [5.41, 5.74) is 0.135. The Morgan fingerprint density at radius 2 is 2.00 bits per heavy atom. The molecule has 0 spiro atoms. The second-order valence-electron chi connectivity index (χ2n) is 7.13. The third-order valence-corrected chi connectivity index (χ3v) is 4.01. The molecule has 1 amide bonds. The Morgan fingerprint density at radius 1 is 1.35 bits per heavy atom. The maximum atomic E-state index is 13.0. The number of likely N-dealkylation sites (tertiary alicyclic amines) is 1. The van der Waals surface area contributed by atoms with E-state index in [0.29, 0.717) is 18.5 Å². The molecule has 1 fully saturated rings. The summed E-state index contributed by atoms with van der Waals surface area (Å²) in [4.78, 5) is 14.1. The molecule has 2 rings (SSSR count). The molecule has 1 aliphatic rings. The Morgan fingerprint density at radius 3 is 2.61 bits per heavy atom. The predicted octanol–water partition coefficient (Wildman–Crippen LogP) is 4.04. The van der Waals surface area contributed by atoms with Crippen molar-refractivity contribution in [3.05, 3.63) is 35.6 Å². The van der Waals surface area contributed by atoms with Crippen LogP contribution in [0.25, 0.3) is 0 Å². The fourth-order valence-electron chi connectivity index (χ4n) is 2.89. The second-order valence-corrected chi connectivity index (χ2v) is 7.13. The molecule has 1 aromatic carbocycles. The minimum Gasteiger partial charge on any atom is -0.444 e. The highest BCUT2D eigenvalue weighted by Crippen LogP contribution is 2.28. The first kappa shape index (κ1) is 17.7. The van der Waals surface area contributed by atoms with Crippen molar-refractivity contribution in [2.45, 2.75) is 64.2 Å². The number of aliphatic hydroxyl groups excluding tert-OH is 1. The first-order valence-electron chi connectivity index (χ1n) is 8.19. The lowest BCUT2D eigenvalue weighted by atomic mass is 9.94. The van der Waals surface area contributed by atoms with E-state index >= 15 is 0 Å². The van der Waals surface area contributed by atoms with Gasteiger partial charge in [-0.25, -0.2) is 9.18 Å². The van der Waals surface area contributed by atoms with Gasteiger partial charge in [-0.1, -0.05) is 12.1 Å². The van der Waals surface area contributed by atoms with Crippen LogP contribution in [-0.2, 0) is 4.74 Å². The van der Waals surface area contributed by atoms with Gasteiger partial charge in [-0.15, -0.1) is 0 Å². The summed E-state index contributed by atoms with van der Waals surface area (Å²) in [5, 5.41) is 10.4. The zero-order chi connectivity index (χ0) is 17.0. The molecule has 0 saturated carbocycles. The molecule has 1 heterocycles. The van der Waals surface area contributed by atoms with Crippen molar-refractivity contribution in [2.24, 2.45) is 0 Å². The van der Waals surface area contributed by atoms with Crippen LogP contribution in [0.3, 0.4) is 0 Å². The third-order valence-electron chi connectivity index (χ3n) is 4.01. The molecule has 1 aliphatic heterocycles. The molecule has 0 aliphatic carbocycles. The van der Waals surface area contributed by atoms with Crippen LogP contribution in [0.15, 0.2) is 24.3 Å². The molecule has 0 radical (unpaired) electrons. The normalized spacial score (nSPS) is 20.2. The van der Waals surface area contributed by atoms with E-state index in [1.807, 2.05) is 20.8 Å². The molecule has 1 aromatic rings. The van der Waals surface area contributed by atoms with Crippen molar-refractivity contribution in [3.63, 3.8) is 0 Å². The lowest BCUT2D eigenvalue weighted by molar-refractivity contribution is 0.00237. The molecule has 128 valence electrons. The number of carbonyl (C=O) groups excluding carboxylic acids is 1. The average molecular weight is 323 g/mol. The quantitative estimate of drug-likeness (QED) is 0.913. The van der Waals surface area contributed by atoms with Crippen molar-refractivity contribution in [3.8, 4) is 0 Å². The van der Waals surface area contributed by atoms with Gasteiger partial charge in [-0.3, -0.25) is 0 Å². The molecule has 5 heteroatoms. The Labute approximate surface area is 137 Å². The highest BCUT2D eigenvalue weighted by atomic mass is 19.1. The molecule has 4 nitrogen and oxygen atoms in total. The molecule has 0 aromatic heterocycles. The van der Waals surface area contributed by atoms with Crippen molar-refractivity contribution < 1.29 is 19.0 Å². The topological polar surface area (TPSA) is 49.8 Å². The van der Waals surface area contributed by atoms with Gasteiger partial charge < -0.3 is 14.7 Å². The van der Waals surface area contributed by atoms with Gasteiger partial charge in [-0.2, -0.15) is 0 Å². The predicted molar refractivity (Wildman–Crippen MR) is 86.6 cm³/mol. The Balaban J connectivity index is 2.03. The highest BCUT2D eigenvalue weighted by molar-refractivity contribution is 5.68. The average Bonchev–Trinajstić information content (AvgIpc) is 2.46. The van der Waals surface area contributed by atoms with Crippen LogP contribution < -0.4 is 0 Å². The third kappa shape index (κ3) is 5.20. The zero-order valence-corrected chi connectivity index (χ0v) is 14.1. The van der Waals surface area contributed by atoms with Crippen LogP contribution in [0.4, 0.5) is 9.18 Å².